The van der Waals surface area contributed by atoms with E-state index in [-0.39, 0.29) is 25.3 Å². The van der Waals surface area contributed by atoms with Crippen molar-refractivity contribution >= 4 is 29.1 Å². The zero-order valence-corrected chi connectivity index (χ0v) is 10.5. The van der Waals surface area contributed by atoms with Gasteiger partial charge in [0, 0.05) is 5.69 Å². The van der Waals surface area contributed by atoms with E-state index in [1.54, 1.807) is 0 Å². The molecule has 1 saturated heterocycles. The molecule has 8 heteroatoms. The fourth-order valence-corrected chi connectivity index (χ4v) is 1.84. The Kier molecular flexibility index (Phi) is 3.94. The van der Waals surface area contributed by atoms with Gasteiger partial charge in [-0.25, -0.2) is 4.39 Å². The van der Waals surface area contributed by atoms with E-state index in [1.165, 1.54) is 17.0 Å². The van der Waals surface area contributed by atoms with E-state index in [0.29, 0.717) is 5.69 Å². The Morgan fingerprint density at radius 3 is 2.65 bits per heavy atom. The number of hydrogen-bond acceptors (Lipinski definition) is 5. The molecule has 0 unspecified atom stereocenters. The predicted molar refractivity (Wildman–Crippen MR) is 69.0 cm³/mol. The van der Waals surface area contributed by atoms with Gasteiger partial charge in [-0.3, -0.25) is 24.6 Å². The number of nitrogens with one attached hydrogen (secondary N) is 2. The highest BCUT2D eigenvalue weighted by molar-refractivity contribution is 6.00. The highest BCUT2D eigenvalue weighted by Gasteiger charge is 2.24. The first-order valence-electron chi connectivity index (χ1n) is 5.84. The summed E-state index contributed by atoms with van der Waals surface area (Å²) in [5, 5.41) is 4.47. The van der Waals surface area contributed by atoms with Crippen LogP contribution in [0.1, 0.15) is 0 Å². The van der Waals surface area contributed by atoms with Crippen LogP contribution in [0.5, 0.6) is 0 Å². The number of benzene rings is 1. The molecule has 2 rings (SSSR count). The molecular formula is C12H13FN4O3. The van der Waals surface area contributed by atoms with E-state index >= 15 is 0 Å². The maximum Gasteiger partial charge on any atom is 0.240 e. The molecule has 3 amide bonds. The van der Waals surface area contributed by atoms with Crippen LogP contribution in [0.4, 0.5) is 15.8 Å². The van der Waals surface area contributed by atoms with Gasteiger partial charge in [0.1, 0.15) is 5.82 Å². The molecule has 20 heavy (non-hydrogen) atoms. The lowest BCUT2D eigenvalue weighted by Gasteiger charge is -2.24. The second-order valence-corrected chi connectivity index (χ2v) is 4.40. The Balaban J connectivity index is 1.97. The summed E-state index contributed by atoms with van der Waals surface area (Å²) in [6, 6.07) is 3.81. The van der Waals surface area contributed by atoms with Crippen molar-refractivity contribution in [2.24, 2.45) is 0 Å². The smallest absolute Gasteiger partial charge is 0.240 e. The van der Waals surface area contributed by atoms with Crippen LogP contribution < -0.4 is 16.4 Å². The lowest BCUT2D eigenvalue weighted by Crippen LogP contribution is -2.53. The van der Waals surface area contributed by atoms with Gasteiger partial charge in [-0.2, -0.15) is 0 Å². The van der Waals surface area contributed by atoms with Gasteiger partial charge in [0.2, 0.25) is 17.7 Å². The number of amides is 3. The number of hydrogen-bond donors (Lipinski definition) is 3. The van der Waals surface area contributed by atoms with Crippen molar-refractivity contribution in [3.05, 3.63) is 24.0 Å². The third kappa shape index (κ3) is 3.51. The van der Waals surface area contributed by atoms with E-state index in [4.69, 9.17) is 5.73 Å². The number of rotatable bonds is 3. The van der Waals surface area contributed by atoms with Crippen molar-refractivity contribution in [3.8, 4) is 0 Å². The number of piperazine rings is 1. The molecule has 1 fully saturated rings. The Morgan fingerprint density at radius 2 is 2.00 bits per heavy atom. The van der Waals surface area contributed by atoms with Crippen LogP contribution in [-0.2, 0) is 14.4 Å². The third-order valence-electron chi connectivity index (χ3n) is 2.64. The van der Waals surface area contributed by atoms with E-state index in [9.17, 15) is 18.8 Å². The van der Waals surface area contributed by atoms with E-state index in [1.807, 2.05) is 0 Å². The molecule has 0 bridgehead atoms. The van der Waals surface area contributed by atoms with Gasteiger partial charge in [0.15, 0.2) is 0 Å². The fraction of sp³-hybridized carbons (Fsp3) is 0.250. The second kappa shape index (κ2) is 5.66. The molecule has 1 aromatic rings. The van der Waals surface area contributed by atoms with Crippen molar-refractivity contribution in [1.82, 2.24) is 10.2 Å². The van der Waals surface area contributed by atoms with Crippen LogP contribution in [0.25, 0.3) is 0 Å². The lowest BCUT2D eigenvalue weighted by atomic mass is 10.2. The summed E-state index contributed by atoms with van der Waals surface area (Å²) in [7, 11) is 0. The molecule has 1 heterocycles. The number of carbonyl (C=O) groups excluding carboxylic acids is 3. The van der Waals surface area contributed by atoms with Crippen LogP contribution in [0.15, 0.2) is 18.2 Å². The van der Waals surface area contributed by atoms with Crippen molar-refractivity contribution in [1.29, 1.82) is 0 Å². The number of halogens is 1. The quantitative estimate of drug-likeness (QED) is 0.502. The highest BCUT2D eigenvalue weighted by atomic mass is 19.1. The average molecular weight is 280 g/mol. The predicted octanol–water partition coefficient (Wildman–Crippen LogP) is -0.695. The second-order valence-electron chi connectivity index (χ2n) is 4.40. The molecule has 0 aliphatic carbocycles. The van der Waals surface area contributed by atoms with Crippen LogP contribution >= 0.6 is 0 Å². The standard InChI is InChI=1S/C12H13FN4O3/c13-8-2-1-7(14)3-9(8)15-10(18)4-17-5-11(19)16-12(20)6-17/h1-3H,4-6,14H2,(H,15,18)(H,16,19,20). The summed E-state index contributed by atoms with van der Waals surface area (Å²) in [6.45, 7) is -0.301. The van der Waals surface area contributed by atoms with Crippen molar-refractivity contribution < 1.29 is 18.8 Å². The van der Waals surface area contributed by atoms with E-state index in [2.05, 4.69) is 10.6 Å². The topological polar surface area (TPSA) is 105 Å². The van der Waals surface area contributed by atoms with Gasteiger partial charge >= 0.3 is 0 Å². The SMILES string of the molecule is Nc1ccc(F)c(NC(=O)CN2CC(=O)NC(=O)C2)c1. The van der Waals surface area contributed by atoms with Crippen LogP contribution in [0.3, 0.4) is 0 Å². The zero-order chi connectivity index (χ0) is 14.7. The van der Waals surface area contributed by atoms with Crippen molar-refractivity contribution in [3.63, 3.8) is 0 Å². The van der Waals surface area contributed by atoms with Gasteiger partial charge in [-0.1, -0.05) is 0 Å². The number of nitrogen functional groups attached to an aromatic ring is 1. The zero-order valence-electron chi connectivity index (χ0n) is 10.5. The number of carbonyl (C=O) groups is 3. The Bertz CT molecular complexity index is 560. The molecule has 0 radical (unpaired) electrons. The van der Waals surface area contributed by atoms with E-state index < -0.39 is 23.5 Å². The molecule has 0 spiro atoms. The van der Waals surface area contributed by atoms with E-state index in [0.717, 1.165) is 6.07 Å². The minimum Gasteiger partial charge on any atom is -0.399 e. The summed E-state index contributed by atoms with van der Waals surface area (Å²) in [4.78, 5) is 35.4. The number of nitrogens with zero attached hydrogens (tertiary/aromatic N) is 1. The maximum absolute atomic E-state index is 13.4. The van der Waals surface area contributed by atoms with Crippen LogP contribution in [0.2, 0.25) is 0 Å². The molecule has 106 valence electrons. The molecule has 0 saturated carbocycles. The Hall–Kier alpha value is -2.48. The first-order chi connectivity index (χ1) is 9.44. The van der Waals surface area contributed by atoms with Gasteiger partial charge in [0.05, 0.1) is 25.3 Å². The largest absolute Gasteiger partial charge is 0.399 e. The van der Waals surface area contributed by atoms with Gasteiger partial charge < -0.3 is 11.1 Å². The molecular weight excluding hydrogens is 267 g/mol. The molecule has 1 aromatic carbocycles. The summed E-state index contributed by atoms with van der Waals surface area (Å²) in [5.74, 6) is -2.08. The Labute approximate surface area is 113 Å². The first-order valence-corrected chi connectivity index (χ1v) is 5.84. The average Bonchev–Trinajstić information content (AvgIpc) is 2.32. The van der Waals surface area contributed by atoms with Gasteiger partial charge in [0.25, 0.3) is 0 Å². The number of anilines is 2. The summed E-state index contributed by atoms with van der Waals surface area (Å²) in [5.41, 5.74) is 5.77. The monoisotopic (exact) mass is 280 g/mol. The summed E-state index contributed by atoms with van der Waals surface area (Å²) < 4.78 is 13.4. The number of imide groups is 1. The highest BCUT2D eigenvalue weighted by Crippen LogP contribution is 2.17. The first kappa shape index (κ1) is 13.9. The molecule has 4 N–H and O–H groups in total. The minimum absolute atomic E-state index is 0.0391. The normalized spacial score (nSPS) is 15.8. The van der Waals surface area contributed by atoms with Crippen molar-refractivity contribution in [2.75, 3.05) is 30.7 Å². The fourth-order valence-electron chi connectivity index (χ4n) is 1.84. The number of nitrogens with two attached hydrogens (primary N) is 1. The van der Waals surface area contributed by atoms with Gasteiger partial charge in [-0.05, 0) is 18.2 Å². The molecule has 0 aromatic heterocycles. The third-order valence-corrected chi connectivity index (χ3v) is 2.64. The molecule has 7 nitrogen and oxygen atoms in total. The molecule has 0 atom stereocenters. The Morgan fingerprint density at radius 1 is 1.35 bits per heavy atom. The lowest BCUT2D eigenvalue weighted by molar-refractivity contribution is -0.136. The molecule has 1 aliphatic heterocycles. The summed E-state index contributed by atoms with van der Waals surface area (Å²) >= 11 is 0. The van der Waals surface area contributed by atoms with Crippen molar-refractivity contribution in [2.45, 2.75) is 0 Å². The minimum atomic E-state index is -0.611. The molecule has 1 aliphatic rings. The summed E-state index contributed by atoms with van der Waals surface area (Å²) in [6.07, 6.45) is 0. The van der Waals surface area contributed by atoms with Gasteiger partial charge in [-0.15, -0.1) is 0 Å². The van der Waals surface area contributed by atoms with Crippen LogP contribution in [-0.4, -0.2) is 42.3 Å². The van der Waals surface area contributed by atoms with Crippen LogP contribution in [0, 0.1) is 5.82 Å². The maximum atomic E-state index is 13.4.